The molecule has 3 heteroatoms. The third-order valence-corrected chi connectivity index (χ3v) is 1.01. The average molecular weight is 131 g/mol. The van der Waals surface area contributed by atoms with E-state index in [1.807, 2.05) is 6.07 Å². The molecule has 48 valence electrons. The number of aromatic nitrogens is 2. The number of nitriles is 1. The second-order valence-corrected chi connectivity index (χ2v) is 1.65. The molecule has 1 aromatic heterocycles. The quantitative estimate of drug-likeness (QED) is 0.525. The first kappa shape index (κ1) is 6.38. The Labute approximate surface area is 58.7 Å². The minimum atomic E-state index is 0.425. The Morgan fingerprint density at radius 2 is 2.50 bits per heavy atom. The first-order valence-corrected chi connectivity index (χ1v) is 2.74. The van der Waals surface area contributed by atoms with Gasteiger partial charge >= 0.3 is 0 Å². The molecule has 0 spiro atoms. The molecule has 0 aromatic carbocycles. The topological polar surface area (TPSA) is 52.5 Å². The standard InChI is InChI=1S/C7H5N3/c1-2-3-6-5-9-10-7(6)4-8/h5H,1H3,(H,9,10). The summed E-state index contributed by atoms with van der Waals surface area (Å²) in [7, 11) is 0. The van der Waals surface area contributed by atoms with Gasteiger partial charge in [0.15, 0.2) is 5.69 Å². The van der Waals surface area contributed by atoms with Crippen LogP contribution in [0.15, 0.2) is 6.20 Å². The summed E-state index contributed by atoms with van der Waals surface area (Å²) in [5.74, 6) is 5.42. The van der Waals surface area contributed by atoms with Crippen molar-refractivity contribution in [2.75, 3.05) is 0 Å². The van der Waals surface area contributed by atoms with Crippen molar-refractivity contribution in [1.29, 1.82) is 5.26 Å². The van der Waals surface area contributed by atoms with Crippen LogP contribution in [0, 0.1) is 23.2 Å². The van der Waals surface area contributed by atoms with Gasteiger partial charge in [0.2, 0.25) is 0 Å². The van der Waals surface area contributed by atoms with E-state index >= 15 is 0 Å². The van der Waals surface area contributed by atoms with Crippen molar-refractivity contribution < 1.29 is 0 Å². The summed E-state index contributed by atoms with van der Waals surface area (Å²) in [6.07, 6.45) is 1.54. The Bertz CT molecular complexity index is 319. The maximum absolute atomic E-state index is 8.44. The summed E-state index contributed by atoms with van der Waals surface area (Å²) in [5, 5.41) is 14.6. The Hall–Kier alpha value is -1.74. The first-order chi connectivity index (χ1) is 4.88. The van der Waals surface area contributed by atoms with Crippen LogP contribution >= 0.6 is 0 Å². The van der Waals surface area contributed by atoms with E-state index in [2.05, 4.69) is 22.0 Å². The smallest absolute Gasteiger partial charge is 0.151 e. The zero-order chi connectivity index (χ0) is 7.40. The van der Waals surface area contributed by atoms with Gasteiger partial charge in [-0.15, -0.1) is 5.92 Å². The molecule has 1 N–H and O–H groups in total. The summed E-state index contributed by atoms with van der Waals surface area (Å²) in [4.78, 5) is 0. The second kappa shape index (κ2) is 2.70. The van der Waals surface area contributed by atoms with Gasteiger partial charge < -0.3 is 0 Å². The zero-order valence-electron chi connectivity index (χ0n) is 5.47. The lowest BCUT2D eigenvalue weighted by Crippen LogP contribution is -1.76. The van der Waals surface area contributed by atoms with Gasteiger partial charge in [0, 0.05) is 0 Å². The fourth-order valence-electron chi connectivity index (χ4n) is 0.601. The predicted octanol–water partition coefficient (Wildman–Crippen LogP) is 0.653. The van der Waals surface area contributed by atoms with Gasteiger partial charge in [-0.05, 0) is 6.92 Å². The molecule has 0 fully saturated rings. The number of nitrogens with one attached hydrogen (secondary N) is 1. The van der Waals surface area contributed by atoms with Crippen LogP contribution in [-0.2, 0) is 0 Å². The van der Waals surface area contributed by atoms with Crippen molar-refractivity contribution in [1.82, 2.24) is 10.2 Å². The highest BCUT2D eigenvalue weighted by Crippen LogP contribution is 1.98. The summed E-state index contributed by atoms with van der Waals surface area (Å²) < 4.78 is 0. The lowest BCUT2D eigenvalue weighted by molar-refractivity contribution is 1.07. The van der Waals surface area contributed by atoms with Crippen molar-refractivity contribution in [3.63, 3.8) is 0 Å². The summed E-state index contributed by atoms with van der Waals surface area (Å²) in [6, 6.07) is 1.94. The average Bonchev–Trinajstić information content (AvgIpc) is 2.36. The van der Waals surface area contributed by atoms with E-state index < -0.39 is 0 Å². The van der Waals surface area contributed by atoms with Crippen molar-refractivity contribution in [3.8, 4) is 17.9 Å². The molecule has 0 bridgehead atoms. The van der Waals surface area contributed by atoms with E-state index in [9.17, 15) is 0 Å². The van der Waals surface area contributed by atoms with E-state index in [0.29, 0.717) is 11.3 Å². The minimum Gasteiger partial charge on any atom is -0.267 e. The number of H-pyrrole nitrogens is 1. The first-order valence-electron chi connectivity index (χ1n) is 2.74. The Morgan fingerprint density at radius 3 is 3.10 bits per heavy atom. The summed E-state index contributed by atoms with van der Waals surface area (Å²) in [6.45, 7) is 1.72. The Morgan fingerprint density at radius 1 is 1.70 bits per heavy atom. The van der Waals surface area contributed by atoms with Crippen LogP contribution in [0.5, 0.6) is 0 Å². The Balaban J connectivity index is 3.13. The molecule has 0 aliphatic heterocycles. The highest BCUT2D eigenvalue weighted by Gasteiger charge is 1.97. The molecule has 0 unspecified atom stereocenters. The van der Waals surface area contributed by atoms with Crippen molar-refractivity contribution in [3.05, 3.63) is 17.5 Å². The lowest BCUT2D eigenvalue weighted by Gasteiger charge is -1.76. The number of hydrogen-bond donors (Lipinski definition) is 1. The molecule has 0 aliphatic carbocycles. The molecule has 3 nitrogen and oxygen atoms in total. The molecular weight excluding hydrogens is 126 g/mol. The SMILES string of the molecule is CC#Cc1cn[nH]c1C#N. The third kappa shape index (κ3) is 0.985. The molecule has 1 rings (SSSR count). The van der Waals surface area contributed by atoms with Gasteiger partial charge in [-0.1, -0.05) is 5.92 Å². The molecule has 10 heavy (non-hydrogen) atoms. The molecule has 1 aromatic rings. The van der Waals surface area contributed by atoms with Gasteiger partial charge in [-0.3, -0.25) is 5.10 Å². The number of aromatic amines is 1. The lowest BCUT2D eigenvalue weighted by atomic mass is 10.3. The molecule has 0 saturated carbocycles. The zero-order valence-corrected chi connectivity index (χ0v) is 5.47. The van der Waals surface area contributed by atoms with Gasteiger partial charge in [-0.25, -0.2) is 0 Å². The van der Waals surface area contributed by atoms with Crippen LogP contribution < -0.4 is 0 Å². The largest absolute Gasteiger partial charge is 0.267 e. The van der Waals surface area contributed by atoms with E-state index in [0.717, 1.165) is 0 Å². The van der Waals surface area contributed by atoms with Crippen molar-refractivity contribution >= 4 is 0 Å². The third-order valence-electron chi connectivity index (χ3n) is 1.01. The minimum absolute atomic E-state index is 0.425. The highest BCUT2D eigenvalue weighted by molar-refractivity contribution is 5.41. The van der Waals surface area contributed by atoms with Crippen LogP contribution in [-0.4, -0.2) is 10.2 Å². The van der Waals surface area contributed by atoms with Gasteiger partial charge in [0.1, 0.15) is 6.07 Å². The number of rotatable bonds is 0. The molecule has 0 radical (unpaired) electrons. The number of nitrogens with zero attached hydrogens (tertiary/aromatic N) is 2. The van der Waals surface area contributed by atoms with Gasteiger partial charge in [0.25, 0.3) is 0 Å². The fraction of sp³-hybridized carbons (Fsp3) is 0.143. The summed E-state index contributed by atoms with van der Waals surface area (Å²) >= 11 is 0. The fourth-order valence-corrected chi connectivity index (χ4v) is 0.601. The second-order valence-electron chi connectivity index (χ2n) is 1.65. The molecule has 0 atom stereocenters. The van der Waals surface area contributed by atoms with Gasteiger partial charge in [0.05, 0.1) is 11.8 Å². The van der Waals surface area contributed by atoms with Crippen LogP contribution in [0.1, 0.15) is 18.2 Å². The molecule has 0 amide bonds. The van der Waals surface area contributed by atoms with E-state index in [-0.39, 0.29) is 0 Å². The monoisotopic (exact) mass is 131 g/mol. The highest BCUT2D eigenvalue weighted by atomic mass is 15.1. The van der Waals surface area contributed by atoms with Crippen LogP contribution in [0.2, 0.25) is 0 Å². The van der Waals surface area contributed by atoms with E-state index in [4.69, 9.17) is 5.26 Å². The van der Waals surface area contributed by atoms with Gasteiger partial charge in [-0.2, -0.15) is 10.4 Å². The number of hydrogen-bond acceptors (Lipinski definition) is 2. The predicted molar refractivity (Wildman–Crippen MR) is 35.9 cm³/mol. The van der Waals surface area contributed by atoms with E-state index in [1.165, 1.54) is 6.20 Å². The van der Waals surface area contributed by atoms with Crippen LogP contribution in [0.25, 0.3) is 0 Å². The normalized spacial score (nSPS) is 7.60. The molecule has 1 heterocycles. The molecule has 0 aliphatic rings. The van der Waals surface area contributed by atoms with E-state index in [1.54, 1.807) is 6.92 Å². The van der Waals surface area contributed by atoms with Crippen LogP contribution in [0.4, 0.5) is 0 Å². The maximum Gasteiger partial charge on any atom is 0.151 e. The summed E-state index contributed by atoms with van der Waals surface area (Å²) in [5.41, 5.74) is 1.08. The maximum atomic E-state index is 8.44. The Kier molecular flexibility index (Phi) is 1.72. The molecule has 0 saturated heterocycles. The van der Waals surface area contributed by atoms with Crippen LogP contribution in [0.3, 0.4) is 0 Å². The molecular formula is C7H5N3. The van der Waals surface area contributed by atoms with Crippen molar-refractivity contribution in [2.45, 2.75) is 6.92 Å². The van der Waals surface area contributed by atoms with Crippen molar-refractivity contribution in [2.24, 2.45) is 0 Å².